The number of hydrogen-bond acceptors (Lipinski definition) is 5. The summed E-state index contributed by atoms with van der Waals surface area (Å²) in [5.41, 5.74) is 3.49. The fourth-order valence-electron chi connectivity index (χ4n) is 2.42. The van der Waals surface area contributed by atoms with Crippen LogP contribution in [0.15, 0.2) is 41.6 Å². The molecule has 1 N–H and O–H groups in total. The molecule has 27 heavy (non-hydrogen) atoms. The summed E-state index contributed by atoms with van der Waals surface area (Å²) in [7, 11) is 0. The van der Waals surface area contributed by atoms with E-state index in [1.807, 2.05) is 32.0 Å². The molecule has 0 fully saturated rings. The number of nitrogens with one attached hydrogen (secondary N) is 1. The standard InChI is InChI=1S/C18H17Cl2N5OS/c1-10-6-4-9-15(11(10)2)25-18(22-23-24-25)27-12(3)17(26)21-16-13(19)7-5-8-14(16)20/h4-9,12H,1-3H3,(H,21,26). The van der Waals surface area contributed by atoms with E-state index in [0.29, 0.717) is 20.9 Å². The Kier molecular flexibility index (Phi) is 6.04. The molecule has 0 aliphatic carbocycles. The third-order valence-corrected chi connectivity index (χ3v) is 5.77. The zero-order valence-electron chi connectivity index (χ0n) is 14.9. The summed E-state index contributed by atoms with van der Waals surface area (Å²) in [5, 5.41) is 15.5. The highest BCUT2D eigenvalue weighted by atomic mass is 35.5. The number of halogens is 2. The summed E-state index contributed by atoms with van der Waals surface area (Å²) < 4.78 is 1.64. The second-order valence-electron chi connectivity index (χ2n) is 5.94. The molecule has 0 saturated carbocycles. The summed E-state index contributed by atoms with van der Waals surface area (Å²) in [6.07, 6.45) is 0. The first kappa shape index (κ1) is 19.7. The van der Waals surface area contributed by atoms with Crippen LogP contribution in [-0.4, -0.2) is 31.4 Å². The van der Waals surface area contributed by atoms with Gasteiger partial charge in [0.15, 0.2) is 0 Å². The smallest absolute Gasteiger partial charge is 0.237 e. The number of rotatable bonds is 5. The van der Waals surface area contributed by atoms with Crippen molar-refractivity contribution in [3.8, 4) is 5.69 Å². The number of carbonyl (C=O) groups is 1. The SMILES string of the molecule is Cc1cccc(-n2nnnc2SC(C)C(=O)Nc2c(Cl)cccc2Cl)c1C. The molecule has 140 valence electrons. The lowest BCUT2D eigenvalue weighted by Crippen LogP contribution is -2.23. The van der Waals surface area contributed by atoms with Gasteiger partial charge in [-0.25, -0.2) is 0 Å². The first-order valence-electron chi connectivity index (χ1n) is 8.15. The van der Waals surface area contributed by atoms with Gasteiger partial charge >= 0.3 is 0 Å². The fraction of sp³-hybridized carbons (Fsp3) is 0.222. The number of anilines is 1. The second kappa shape index (κ2) is 8.29. The zero-order chi connectivity index (χ0) is 19.6. The monoisotopic (exact) mass is 421 g/mol. The molecule has 6 nitrogen and oxygen atoms in total. The highest BCUT2D eigenvalue weighted by Crippen LogP contribution is 2.31. The Bertz CT molecular complexity index is 971. The molecule has 3 rings (SSSR count). The first-order valence-corrected chi connectivity index (χ1v) is 9.78. The summed E-state index contributed by atoms with van der Waals surface area (Å²) in [5.74, 6) is -0.245. The summed E-state index contributed by atoms with van der Waals surface area (Å²) >= 11 is 13.5. The van der Waals surface area contributed by atoms with Crippen molar-refractivity contribution in [3.05, 3.63) is 57.6 Å². The molecule has 0 aliphatic heterocycles. The Morgan fingerprint density at radius 3 is 2.52 bits per heavy atom. The average Bonchev–Trinajstić information content (AvgIpc) is 3.08. The Morgan fingerprint density at radius 2 is 1.81 bits per heavy atom. The minimum Gasteiger partial charge on any atom is -0.323 e. The maximum Gasteiger partial charge on any atom is 0.237 e. The zero-order valence-corrected chi connectivity index (χ0v) is 17.2. The van der Waals surface area contributed by atoms with Crippen molar-refractivity contribution in [3.63, 3.8) is 0 Å². The molecule has 1 atom stereocenters. The van der Waals surface area contributed by atoms with Crippen LogP contribution in [-0.2, 0) is 4.79 Å². The molecule has 0 saturated heterocycles. The number of carbonyl (C=O) groups excluding carboxylic acids is 1. The van der Waals surface area contributed by atoms with Gasteiger partial charge in [0.25, 0.3) is 0 Å². The minimum absolute atomic E-state index is 0.245. The van der Waals surface area contributed by atoms with Gasteiger partial charge in [-0.2, -0.15) is 4.68 Å². The van der Waals surface area contributed by atoms with E-state index in [9.17, 15) is 4.79 Å². The van der Waals surface area contributed by atoms with Crippen LogP contribution in [0, 0.1) is 13.8 Å². The van der Waals surface area contributed by atoms with Crippen LogP contribution in [0.1, 0.15) is 18.1 Å². The first-order chi connectivity index (χ1) is 12.9. The van der Waals surface area contributed by atoms with Crippen LogP contribution in [0.5, 0.6) is 0 Å². The molecule has 0 aliphatic rings. The van der Waals surface area contributed by atoms with Crippen LogP contribution in [0.2, 0.25) is 10.0 Å². The quantitative estimate of drug-likeness (QED) is 0.604. The van der Waals surface area contributed by atoms with E-state index in [-0.39, 0.29) is 5.91 Å². The summed E-state index contributed by atoms with van der Waals surface area (Å²) in [6.45, 7) is 5.81. The van der Waals surface area contributed by atoms with E-state index in [1.165, 1.54) is 11.8 Å². The lowest BCUT2D eigenvalue weighted by Gasteiger charge is -2.14. The normalized spacial score (nSPS) is 12.0. The van der Waals surface area contributed by atoms with Gasteiger partial charge in [-0.05, 0) is 60.5 Å². The minimum atomic E-state index is -0.466. The molecule has 1 aromatic heterocycles. The maximum absolute atomic E-state index is 12.6. The van der Waals surface area contributed by atoms with E-state index in [0.717, 1.165) is 16.8 Å². The predicted molar refractivity (Wildman–Crippen MR) is 109 cm³/mol. The van der Waals surface area contributed by atoms with Crippen molar-refractivity contribution >= 4 is 46.6 Å². The number of aromatic nitrogens is 4. The van der Waals surface area contributed by atoms with Gasteiger partial charge in [0.1, 0.15) is 0 Å². The van der Waals surface area contributed by atoms with Gasteiger partial charge in [0.05, 0.1) is 26.7 Å². The van der Waals surface area contributed by atoms with Crippen molar-refractivity contribution in [2.45, 2.75) is 31.2 Å². The Balaban J connectivity index is 1.79. The van der Waals surface area contributed by atoms with Gasteiger partial charge in [0, 0.05) is 0 Å². The number of aryl methyl sites for hydroxylation is 1. The van der Waals surface area contributed by atoms with E-state index in [1.54, 1.807) is 29.8 Å². The molecule has 0 spiro atoms. The third kappa shape index (κ3) is 4.26. The molecular weight excluding hydrogens is 405 g/mol. The van der Waals surface area contributed by atoms with Crippen molar-refractivity contribution in [2.24, 2.45) is 0 Å². The molecule has 0 bridgehead atoms. The van der Waals surface area contributed by atoms with Crippen LogP contribution in [0.4, 0.5) is 5.69 Å². The number of hydrogen-bond donors (Lipinski definition) is 1. The van der Waals surface area contributed by atoms with E-state index >= 15 is 0 Å². The molecule has 3 aromatic rings. The van der Waals surface area contributed by atoms with Crippen LogP contribution < -0.4 is 5.32 Å². The fourth-order valence-corrected chi connectivity index (χ4v) is 3.71. The van der Waals surface area contributed by atoms with E-state index < -0.39 is 5.25 Å². The number of para-hydroxylation sites is 1. The molecule has 1 unspecified atom stereocenters. The van der Waals surface area contributed by atoms with Gasteiger partial charge in [-0.1, -0.05) is 53.2 Å². The van der Waals surface area contributed by atoms with E-state index in [4.69, 9.17) is 23.2 Å². The second-order valence-corrected chi connectivity index (χ2v) is 8.06. The topological polar surface area (TPSA) is 72.7 Å². The number of benzene rings is 2. The average molecular weight is 422 g/mol. The van der Waals surface area contributed by atoms with Crippen molar-refractivity contribution in [1.29, 1.82) is 0 Å². The van der Waals surface area contributed by atoms with Gasteiger partial charge < -0.3 is 5.32 Å². The largest absolute Gasteiger partial charge is 0.323 e. The highest BCUT2D eigenvalue weighted by Gasteiger charge is 2.21. The third-order valence-electron chi connectivity index (χ3n) is 4.11. The van der Waals surface area contributed by atoms with Crippen molar-refractivity contribution in [2.75, 3.05) is 5.32 Å². The van der Waals surface area contributed by atoms with Gasteiger partial charge in [-0.15, -0.1) is 5.10 Å². The number of amides is 1. The lowest BCUT2D eigenvalue weighted by atomic mass is 10.1. The van der Waals surface area contributed by atoms with Gasteiger partial charge in [0.2, 0.25) is 11.1 Å². The summed E-state index contributed by atoms with van der Waals surface area (Å²) in [6, 6.07) is 11.0. The van der Waals surface area contributed by atoms with Crippen LogP contribution >= 0.6 is 35.0 Å². The molecule has 0 radical (unpaired) electrons. The van der Waals surface area contributed by atoms with Crippen molar-refractivity contribution < 1.29 is 4.79 Å². The number of tetrazole rings is 1. The predicted octanol–water partition coefficient (Wildman–Crippen LogP) is 4.71. The Morgan fingerprint density at radius 1 is 1.15 bits per heavy atom. The van der Waals surface area contributed by atoms with Crippen molar-refractivity contribution in [1.82, 2.24) is 20.2 Å². The molecule has 1 heterocycles. The van der Waals surface area contributed by atoms with Gasteiger partial charge in [-0.3, -0.25) is 4.79 Å². The molecule has 9 heteroatoms. The van der Waals surface area contributed by atoms with Crippen LogP contribution in [0.25, 0.3) is 5.69 Å². The Labute approximate surface area is 171 Å². The number of nitrogens with zero attached hydrogens (tertiary/aromatic N) is 4. The highest BCUT2D eigenvalue weighted by molar-refractivity contribution is 8.00. The lowest BCUT2D eigenvalue weighted by molar-refractivity contribution is -0.115. The molecule has 2 aromatic carbocycles. The van der Waals surface area contributed by atoms with Crippen LogP contribution in [0.3, 0.4) is 0 Å². The molecule has 1 amide bonds. The van der Waals surface area contributed by atoms with E-state index in [2.05, 4.69) is 20.8 Å². The summed E-state index contributed by atoms with van der Waals surface area (Å²) in [4.78, 5) is 12.6. The maximum atomic E-state index is 12.6. The molecular formula is C18H17Cl2N5OS. The number of thioether (sulfide) groups is 1. The Hall–Kier alpha value is -2.09.